The molecule has 0 saturated carbocycles. The van der Waals surface area contributed by atoms with E-state index in [2.05, 4.69) is 27.9 Å². The van der Waals surface area contributed by atoms with Gasteiger partial charge in [0.15, 0.2) is 0 Å². The second kappa shape index (κ2) is 6.85. The van der Waals surface area contributed by atoms with Gasteiger partial charge in [-0.25, -0.2) is 0 Å². The van der Waals surface area contributed by atoms with Crippen LogP contribution in [0.4, 0.5) is 0 Å². The number of aliphatic carboxylic acids is 1. The van der Waals surface area contributed by atoms with Crippen LogP contribution >= 0.6 is 0 Å². The largest absolute Gasteiger partial charge is 0.481 e. The fourth-order valence-electron chi connectivity index (χ4n) is 2.55. The number of carboxylic acid groups (broad SMARTS) is 1. The van der Waals surface area contributed by atoms with Crippen LogP contribution in [-0.4, -0.2) is 63.4 Å². The number of rotatable bonds is 6. The maximum absolute atomic E-state index is 10.6. The fraction of sp³-hybridized carbons (Fsp3) is 0.714. The van der Waals surface area contributed by atoms with E-state index in [9.17, 15) is 4.79 Å². The standard InChI is InChI=1S/C14H24N4O2/c1-3-12-10-13(16(2)15-12)11-18-8-6-17(7-9-18)5-4-14(19)20/h10H,3-9,11H2,1-2H3,(H,19,20). The van der Waals surface area contributed by atoms with Gasteiger partial charge < -0.3 is 10.0 Å². The highest BCUT2D eigenvalue weighted by molar-refractivity contribution is 5.66. The van der Waals surface area contributed by atoms with Gasteiger partial charge in [-0.2, -0.15) is 5.10 Å². The molecule has 0 spiro atoms. The first-order valence-corrected chi connectivity index (χ1v) is 7.26. The molecule has 6 nitrogen and oxygen atoms in total. The molecule has 0 atom stereocenters. The molecule has 0 radical (unpaired) electrons. The van der Waals surface area contributed by atoms with Gasteiger partial charge in [-0.3, -0.25) is 14.4 Å². The Labute approximate surface area is 120 Å². The van der Waals surface area contributed by atoms with Crippen LogP contribution in [0.25, 0.3) is 0 Å². The maximum Gasteiger partial charge on any atom is 0.304 e. The lowest BCUT2D eigenvalue weighted by atomic mass is 10.2. The van der Waals surface area contributed by atoms with Crippen molar-refractivity contribution in [1.29, 1.82) is 0 Å². The summed E-state index contributed by atoms with van der Waals surface area (Å²) in [6, 6.07) is 2.18. The molecule has 1 saturated heterocycles. The molecule has 0 bridgehead atoms. The van der Waals surface area contributed by atoms with Crippen molar-refractivity contribution < 1.29 is 9.90 Å². The average Bonchev–Trinajstić information content (AvgIpc) is 2.78. The average molecular weight is 280 g/mol. The lowest BCUT2D eigenvalue weighted by Crippen LogP contribution is -2.46. The summed E-state index contributed by atoms with van der Waals surface area (Å²) in [4.78, 5) is 15.2. The number of aryl methyl sites for hydroxylation is 2. The zero-order chi connectivity index (χ0) is 14.5. The van der Waals surface area contributed by atoms with E-state index in [1.54, 1.807) is 0 Å². The number of hydrogen-bond donors (Lipinski definition) is 1. The third-order valence-corrected chi connectivity index (χ3v) is 3.88. The molecule has 0 amide bonds. The summed E-state index contributed by atoms with van der Waals surface area (Å²) in [6.45, 7) is 7.59. The molecule has 0 unspecified atom stereocenters. The lowest BCUT2D eigenvalue weighted by Gasteiger charge is -2.34. The first kappa shape index (κ1) is 15.0. The van der Waals surface area contributed by atoms with Gasteiger partial charge >= 0.3 is 5.97 Å². The molecule has 2 rings (SSSR count). The predicted molar refractivity (Wildman–Crippen MR) is 76.6 cm³/mol. The molecule has 0 aliphatic carbocycles. The number of aromatic nitrogens is 2. The minimum Gasteiger partial charge on any atom is -0.481 e. The van der Waals surface area contributed by atoms with E-state index in [1.807, 2.05) is 11.7 Å². The fourth-order valence-corrected chi connectivity index (χ4v) is 2.55. The van der Waals surface area contributed by atoms with Crippen LogP contribution in [0.3, 0.4) is 0 Å². The summed E-state index contributed by atoms with van der Waals surface area (Å²) in [5.41, 5.74) is 2.39. The number of piperazine rings is 1. The summed E-state index contributed by atoms with van der Waals surface area (Å²) in [7, 11) is 2.00. The molecule has 20 heavy (non-hydrogen) atoms. The van der Waals surface area contributed by atoms with Crippen molar-refractivity contribution >= 4 is 5.97 Å². The van der Waals surface area contributed by atoms with Crippen LogP contribution in [0.15, 0.2) is 6.07 Å². The van der Waals surface area contributed by atoms with Gasteiger partial charge in [-0.05, 0) is 12.5 Å². The maximum atomic E-state index is 10.6. The highest BCUT2D eigenvalue weighted by atomic mass is 16.4. The first-order valence-electron chi connectivity index (χ1n) is 7.26. The van der Waals surface area contributed by atoms with Crippen LogP contribution in [0, 0.1) is 0 Å². The van der Waals surface area contributed by atoms with Gasteiger partial charge in [-0.15, -0.1) is 0 Å². The highest BCUT2D eigenvalue weighted by Gasteiger charge is 2.18. The Bertz CT molecular complexity index is 450. The second-order valence-corrected chi connectivity index (χ2v) is 5.37. The van der Waals surface area contributed by atoms with E-state index in [0.29, 0.717) is 6.54 Å². The highest BCUT2D eigenvalue weighted by Crippen LogP contribution is 2.10. The SMILES string of the molecule is CCc1cc(CN2CCN(CCC(=O)O)CC2)n(C)n1. The number of nitrogens with zero attached hydrogens (tertiary/aromatic N) is 4. The molecular weight excluding hydrogens is 256 g/mol. The van der Waals surface area contributed by atoms with Crippen molar-refractivity contribution in [3.05, 3.63) is 17.5 Å². The second-order valence-electron chi connectivity index (χ2n) is 5.37. The Morgan fingerprint density at radius 3 is 2.50 bits per heavy atom. The summed E-state index contributed by atoms with van der Waals surface area (Å²) in [6.07, 6.45) is 1.21. The molecule has 1 aliphatic rings. The van der Waals surface area contributed by atoms with E-state index in [1.165, 1.54) is 5.69 Å². The van der Waals surface area contributed by atoms with Gasteiger partial charge in [0.2, 0.25) is 0 Å². The summed E-state index contributed by atoms with van der Waals surface area (Å²) in [5.74, 6) is -0.714. The molecule has 0 aromatic carbocycles. The smallest absolute Gasteiger partial charge is 0.304 e. The predicted octanol–water partition coefficient (Wildman–Crippen LogP) is 0.575. The van der Waals surface area contributed by atoms with Crippen LogP contribution in [0.1, 0.15) is 24.7 Å². The monoisotopic (exact) mass is 280 g/mol. The van der Waals surface area contributed by atoms with Gasteiger partial charge in [0.1, 0.15) is 0 Å². The van der Waals surface area contributed by atoms with E-state index in [0.717, 1.165) is 44.8 Å². The van der Waals surface area contributed by atoms with Crippen molar-refractivity contribution in [2.75, 3.05) is 32.7 Å². The number of hydrogen-bond acceptors (Lipinski definition) is 4. The van der Waals surface area contributed by atoms with Crippen LogP contribution < -0.4 is 0 Å². The van der Waals surface area contributed by atoms with Crippen LogP contribution in [0.5, 0.6) is 0 Å². The van der Waals surface area contributed by atoms with E-state index in [4.69, 9.17) is 5.11 Å². The van der Waals surface area contributed by atoms with E-state index in [-0.39, 0.29) is 6.42 Å². The number of carbonyl (C=O) groups is 1. The van der Waals surface area contributed by atoms with Gasteiger partial charge in [-0.1, -0.05) is 6.92 Å². The molecule has 1 aromatic heterocycles. The first-order chi connectivity index (χ1) is 9.58. The van der Waals surface area contributed by atoms with Crippen LogP contribution in [0.2, 0.25) is 0 Å². The molecule has 1 aliphatic heterocycles. The van der Waals surface area contributed by atoms with Crippen molar-refractivity contribution in [3.63, 3.8) is 0 Å². The van der Waals surface area contributed by atoms with Crippen LogP contribution in [-0.2, 0) is 24.8 Å². The number of carboxylic acids is 1. The summed E-state index contributed by atoms with van der Waals surface area (Å²) >= 11 is 0. The Morgan fingerprint density at radius 2 is 1.95 bits per heavy atom. The molecule has 1 N–H and O–H groups in total. The minimum atomic E-state index is -0.714. The lowest BCUT2D eigenvalue weighted by molar-refractivity contribution is -0.137. The minimum absolute atomic E-state index is 0.238. The quantitative estimate of drug-likeness (QED) is 0.825. The summed E-state index contributed by atoms with van der Waals surface area (Å²) < 4.78 is 1.97. The van der Waals surface area contributed by atoms with Crippen molar-refractivity contribution in [2.24, 2.45) is 7.05 Å². The van der Waals surface area contributed by atoms with Crippen molar-refractivity contribution in [1.82, 2.24) is 19.6 Å². The van der Waals surface area contributed by atoms with Crippen molar-refractivity contribution in [3.8, 4) is 0 Å². The van der Waals surface area contributed by atoms with E-state index < -0.39 is 5.97 Å². The zero-order valence-electron chi connectivity index (χ0n) is 12.4. The third kappa shape index (κ3) is 4.05. The topological polar surface area (TPSA) is 61.6 Å². The Hall–Kier alpha value is -1.40. The van der Waals surface area contributed by atoms with Gasteiger partial charge in [0.25, 0.3) is 0 Å². The van der Waals surface area contributed by atoms with E-state index >= 15 is 0 Å². The Kier molecular flexibility index (Phi) is 5.14. The summed E-state index contributed by atoms with van der Waals surface area (Å²) in [5, 5.41) is 13.2. The molecule has 1 aromatic rings. The molecule has 112 valence electrons. The Morgan fingerprint density at radius 1 is 1.30 bits per heavy atom. The zero-order valence-corrected chi connectivity index (χ0v) is 12.4. The molecular formula is C14H24N4O2. The van der Waals surface area contributed by atoms with Gasteiger partial charge in [0.05, 0.1) is 17.8 Å². The van der Waals surface area contributed by atoms with Crippen molar-refractivity contribution in [2.45, 2.75) is 26.3 Å². The molecule has 1 fully saturated rings. The normalized spacial score (nSPS) is 17.5. The molecule has 6 heteroatoms. The third-order valence-electron chi connectivity index (χ3n) is 3.88. The molecule has 2 heterocycles. The van der Waals surface area contributed by atoms with Gasteiger partial charge in [0, 0.05) is 46.3 Å². The Balaban J connectivity index is 1.79.